The van der Waals surface area contributed by atoms with Gasteiger partial charge < -0.3 is 14.4 Å². The summed E-state index contributed by atoms with van der Waals surface area (Å²) in [6.07, 6.45) is 1.11. The summed E-state index contributed by atoms with van der Waals surface area (Å²) in [5.74, 6) is 0.248. The molecule has 20 heavy (non-hydrogen) atoms. The van der Waals surface area contributed by atoms with Crippen molar-refractivity contribution in [3.05, 3.63) is 34.3 Å². The van der Waals surface area contributed by atoms with Crippen LogP contribution in [-0.2, 0) is 16.0 Å². The average molecular weight is 298 g/mol. The van der Waals surface area contributed by atoms with Crippen LogP contribution in [0.5, 0.6) is 0 Å². The molecule has 1 aliphatic rings. The van der Waals surface area contributed by atoms with E-state index >= 15 is 0 Å². The number of rotatable bonds is 5. The molecular weight excluding hydrogens is 278 g/mol. The second kappa shape index (κ2) is 7.07. The zero-order valence-corrected chi connectivity index (χ0v) is 12.7. The maximum atomic E-state index is 11.5. The van der Waals surface area contributed by atoms with E-state index in [4.69, 9.17) is 21.1 Å². The van der Waals surface area contributed by atoms with Gasteiger partial charge in [-0.2, -0.15) is 0 Å². The molecule has 0 bridgehead atoms. The minimum atomic E-state index is -0.338. The van der Waals surface area contributed by atoms with Crippen molar-refractivity contribution in [3.8, 4) is 0 Å². The number of carbonyl (C=O) groups is 1. The van der Waals surface area contributed by atoms with Gasteiger partial charge >= 0.3 is 5.97 Å². The van der Waals surface area contributed by atoms with Crippen molar-refractivity contribution in [1.82, 2.24) is 4.90 Å². The molecule has 0 amide bonds. The van der Waals surface area contributed by atoms with E-state index < -0.39 is 0 Å². The van der Waals surface area contributed by atoms with Crippen molar-refractivity contribution < 1.29 is 14.3 Å². The lowest BCUT2D eigenvalue weighted by molar-refractivity contribution is 0.0600. The Labute approximate surface area is 124 Å². The van der Waals surface area contributed by atoms with Crippen LogP contribution in [0.25, 0.3) is 0 Å². The second-order valence-electron chi connectivity index (χ2n) is 5.22. The number of benzene rings is 1. The Kier molecular flexibility index (Phi) is 5.40. The van der Waals surface area contributed by atoms with Gasteiger partial charge in [0.15, 0.2) is 0 Å². The third kappa shape index (κ3) is 3.95. The van der Waals surface area contributed by atoms with Gasteiger partial charge in [-0.25, -0.2) is 4.79 Å². The second-order valence-corrected chi connectivity index (χ2v) is 5.63. The Balaban J connectivity index is 2.01. The third-order valence-corrected chi connectivity index (χ3v) is 3.87. The topological polar surface area (TPSA) is 38.8 Å². The van der Waals surface area contributed by atoms with Crippen LogP contribution in [0.15, 0.2) is 18.2 Å². The molecule has 5 heteroatoms. The summed E-state index contributed by atoms with van der Waals surface area (Å²) in [5.41, 5.74) is 1.47. The molecule has 1 atom stereocenters. The van der Waals surface area contributed by atoms with Crippen LogP contribution < -0.4 is 0 Å². The van der Waals surface area contributed by atoms with E-state index in [-0.39, 0.29) is 5.97 Å². The zero-order valence-electron chi connectivity index (χ0n) is 11.9. The van der Waals surface area contributed by atoms with Crippen molar-refractivity contribution in [2.24, 2.45) is 5.92 Å². The van der Waals surface area contributed by atoms with Crippen LogP contribution in [0.2, 0.25) is 5.02 Å². The Hall–Kier alpha value is -1.10. The number of hydrogen-bond donors (Lipinski definition) is 0. The molecule has 0 radical (unpaired) electrons. The monoisotopic (exact) mass is 297 g/mol. The number of esters is 1. The lowest BCUT2D eigenvalue weighted by atomic mass is 10.1. The molecule has 1 aliphatic heterocycles. The van der Waals surface area contributed by atoms with Crippen molar-refractivity contribution >= 4 is 17.6 Å². The lowest BCUT2D eigenvalue weighted by Gasteiger charge is -2.20. The Morgan fingerprint density at radius 2 is 2.35 bits per heavy atom. The summed E-state index contributed by atoms with van der Waals surface area (Å²) in [6.45, 7) is 3.37. The fraction of sp³-hybridized carbons (Fsp3) is 0.533. The van der Waals surface area contributed by atoms with E-state index in [0.29, 0.717) is 23.0 Å². The molecule has 4 nitrogen and oxygen atoms in total. The van der Waals surface area contributed by atoms with Crippen molar-refractivity contribution in [2.75, 3.05) is 33.9 Å². The fourth-order valence-corrected chi connectivity index (χ4v) is 2.64. The quantitative estimate of drug-likeness (QED) is 0.783. The average Bonchev–Trinajstić information content (AvgIpc) is 2.93. The normalized spacial score (nSPS) is 18.5. The number of ether oxygens (including phenoxy) is 2. The van der Waals surface area contributed by atoms with E-state index in [1.54, 1.807) is 18.2 Å². The standard InChI is InChI=1S/C15H20ClNO3/c1-17(8-11-5-6-20-10-11)9-13-7-12(15(18)19-2)3-4-14(13)16/h3-4,7,11H,5-6,8-10H2,1-2H3. The number of halogens is 1. The SMILES string of the molecule is COC(=O)c1ccc(Cl)c(CN(C)CC2CCOC2)c1. The summed E-state index contributed by atoms with van der Waals surface area (Å²) in [7, 11) is 3.43. The van der Waals surface area contributed by atoms with Gasteiger partial charge in [-0.1, -0.05) is 11.6 Å². The van der Waals surface area contributed by atoms with Crippen LogP contribution in [0.4, 0.5) is 0 Å². The largest absolute Gasteiger partial charge is 0.465 e. The first kappa shape index (κ1) is 15.3. The number of carbonyl (C=O) groups excluding carboxylic acids is 1. The van der Waals surface area contributed by atoms with Crippen molar-refractivity contribution in [1.29, 1.82) is 0 Å². The van der Waals surface area contributed by atoms with Gasteiger partial charge in [-0.3, -0.25) is 0 Å². The van der Waals surface area contributed by atoms with Gasteiger partial charge in [-0.05, 0) is 43.1 Å². The predicted octanol–water partition coefficient (Wildman–Crippen LogP) is 2.59. The van der Waals surface area contributed by atoms with Crippen LogP contribution in [0.1, 0.15) is 22.3 Å². The van der Waals surface area contributed by atoms with Gasteiger partial charge in [0.2, 0.25) is 0 Å². The molecule has 1 fully saturated rings. The molecule has 1 aromatic carbocycles. The molecule has 1 saturated heterocycles. The summed E-state index contributed by atoms with van der Waals surface area (Å²) in [4.78, 5) is 13.8. The van der Waals surface area contributed by atoms with E-state index in [2.05, 4.69) is 11.9 Å². The van der Waals surface area contributed by atoms with E-state index in [1.807, 2.05) is 0 Å². The van der Waals surface area contributed by atoms with E-state index in [0.717, 1.165) is 31.7 Å². The molecule has 110 valence electrons. The minimum absolute atomic E-state index is 0.338. The minimum Gasteiger partial charge on any atom is -0.465 e. The highest BCUT2D eigenvalue weighted by atomic mass is 35.5. The number of hydrogen-bond acceptors (Lipinski definition) is 4. The van der Waals surface area contributed by atoms with Gasteiger partial charge in [0.25, 0.3) is 0 Å². The summed E-state index contributed by atoms with van der Waals surface area (Å²) >= 11 is 6.20. The molecule has 0 aromatic heterocycles. The van der Waals surface area contributed by atoms with Crippen molar-refractivity contribution in [2.45, 2.75) is 13.0 Å². The van der Waals surface area contributed by atoms with E-state index in [9.17, 15) is 4.79 Å². The molecule has 0 aliphatic carbocycles. The fourth-order valence-electron chi connectivity index (χ4n) is 2.46. The zero-order chi connectivity index (χ0) is 14.5. The van der Waals surface area contributed by atoms with Crippen molar-refractivity contribution in [3.63, 3.8) is 0 Å². The van der Waals surface area contributed by atoms with Crippen LogP contribution in [0, 0.1) is 5.92 Å². The summed E-state index contributed by atoms with van der Waals surface area (Å²) < 4.78 is 10.1. The Bertz CT molecular complexity index is 472. The molecule has 0 spiro atoms. The van der Waals surface area contributed by atoms with Crippen LogP contribution >= 0.6 is 11.6 Å². The molecular formula is C15H20ClNO3. The first-order valence-electron chi connectivity index (χ1n) is 6.73. The first-order valence-corrected chi connectivity index (χ1v) is 7.11. The van der Waals surface area contributed by atoms with Gasteiger partial charge in [0.05, 0.1) is 19.3 Å². The molecule has 0 N–H and O–H groups in total. The number of nitrogens with zero attached hydrogens (tertiary/aromatic N) is 1. The van der Waals surface area contributed by atoms with Gasteiger partial charge in [0, 0.05) is 24.7 Å². The lowest BCUT2D eigenvalue weighted by Crippen LogP contribution is -2.25. The highest BCUT2D eigenvalue weighted by Gasteiger charge is 2.18. The summed E-state index contributed by atoms with van der Waals surface area (Å²) in [6, 6.07) is 5.23. The van der Waals surface area contributed by atoms with Gasteiger partial charge in [0.1, 0.15) is 0 Å². The molecule has 2 rings (SSSR count). The summed E-state index contributed by atoms with van der Waals surface area (Å²) in [5, 5.41) is 0.673. The first-order chi connectivity index (χ1) is 9.60. The smallest absolute Gasteiger partial charge is 0.337 e. The third-order valence-electron chi connectivity index (χ3n) is 3.50. The predicted molar refractivity (Wildman–Crippen MR) is 78.1 cm³/mol. The maximum absolute atomic E-state index is 11.5. The van der Waals surface area contributed by atoms with Gasteiger partial charge in [-0.15, -0.1) is 0 Å². The molecule has 0 saturated carbocycles. The Morgan fingerprint density at radius 1 is 1.55 bits per heavy atom. The molecule has 1 aromatic rings. The van der Waals surface area contributed by atoms with E-state index in [1.165, 1.54) is 7.11 Å². The molecule has 1 heterocycles. The van der Waals surface area contributed by atoms with Crippen LogP contribution in [0.3, 0.4) is 0 Å². The molecule has 1 unspecified atom stereocenters. The Morgan fingerprint density at radius 3 is 3.00 bits per heavy atom. The van der Waals surface area contributed by atoms with Crippen LogP contribution in [-0.4, -0.2) is 44.8 Å². The highest BCUT2D eigenvalue weighted by molar-refractivity contribution is 6.31. The maximum Gasteiger partial charge on any atom is 0.337 e. The highest BCUT2D eigenvalue weighted by Crippen LogP contribution is 2.21. The number of methoxy groups -OCH3 is 1.